The van der Waals surface area contributed by atoms with Gasteiger partial charge in [0.25, 0.3) is 0 Å². The Morgan fingerprint density at radius 2 is 2.14 bits per heavy atom. The van der Waals surface area contributed by atoms with Crippen LogP contribution in [-0.4, -0.2) is 36.0 Å². The summed E-state index contributed by atoms with van der Waals surface area (Å²) in [7, 11) is 0. The number of rotatable bonds is 7. The standard InChI is InChI=1S/C18H27NO2/c1-16-6-5-9-18(12-16,15-21)14-19(10-11-20)13-17-7-3-2-4-8-17/h2-4,7-8,15-16,20H,5-6,9-14H2,1H3. The van der Waals surface area contributed by atoms with Gasteiger partial charge in [0, 0.05) is 25.0 Å². The quantitative estimate of drug-likeness (QED) is 0.785. The van der Waals surface area contributed by atoms with Crippen molar-refractivity contribution in [2.45, 2.75) is 39.2 Å². The fourth-order valence-electron chi connectivity index (χ4n) is 3.63. The average Bonchev–Trinajstić information content (AvgIpc) is 2.48. The van der Waals surface area contributed by atoms with E-state index in [1.807, 2.05) is 18.2 Å². The molecule has 0 heterocycles. The Hall–Kier alpha value is -1.19. The Labute approximate surface area is 128 Å². The summed E-state index contributed by atoms with van der Waals surface area (Å²) in [6.45, 7) is 4.56. The summed E-state index contributed by atoms with van der Waals surface area (Å²) in [6, 6.07) is 10.3. The number of carbonyl (C=O) groups is 1. The molecule has 21 heavy (non-hydrogen) atoms. The second kappa shape index (κ2) is 7.71. The molecule has 0 radical (unpaired) electrons. The highest BCUT2D eigenvalue weighted by molar-refractivity contribution is 5.60. The normalized spacial score (nSPS) is 26.0. The molecular formula is C18H27NO2. The zero-order chi connectivity index (χ0) is 15.1. The Bertz CT molecular complexity index is 434. The van der Waals surface area contributed by atoms with Crippen molar-refractivity contribution in [2.24, 2.45) is 11.3 Å². The van der Waals surface area contributed by atoms with Crippen molar-refractivity contribution in [2.75, 3.05) is 19.7 Å². The monoisotopic (exact) mass is 289 g/mol. The predicted molar refractivity (Wildman–Crippen MR) is 84.9 cm³/mol. The van der Waals surface area contributed by atoms with Crippen LogP contribution in [0.4, 0.5) is 0 Å². The highest BCUT2D eigenvalue weighted by atomic mass is 16.3. The number of aldehydes is 1. The minimum absolute atomic E-state index is 0.136. The van der Waals surface area contributed by atoms with E-state index in [2.05, 4.69) is 24.0 Å². The molecule has 3 heteroatoms. The van der Waals surface area contributed by atoms with Gasteiger partial charge in [-0.2, -0.15) is 0 Å². The molecule has 1 aromatic rings. The van der Waals surface area contributed by atoms with E-state index in [1.165, 1.54) is 18.3 Å². The molecule has 0 aliphatic heterocycles. The lowest BCUT2D eigenvalue weighted by Gasteiger charge is -2.39. The Morgan fingerprint density at radius 3 is 2.76 bits per heavy atom. The maximum atomic E-state index is 11.7. The molecule has 2 rings (SSSR count). The van der Waals surface area contributed by atoms with Gasteiger partial charge in [0.15, 0.2) is 0 Å². The summed E-state index contributed by atoms with van der Waals surface area (Å²) in [5, 5.41) is 9.32. The third kappa shape index (κ3) is 4.65. The summed E-state index contributed by atoms with van der Waals surface area (Å²) < 4.78 is 0. The first kappa shape index (κ1) is 16.2. The van der Waals surface area contributed by atoms with Crippen LogP contribution in [0.15, 0.2) is 30.3 Å². The number of benzene rings is 1. The number of carbonyl (C=O) groups excluding carboxylic acids is 1. The van der Waals surface area contributed by atoms with Crippen molar-refractivity contribution >= 4 is 6.29 Å². The van der Waals surface area contributed by atoms with Gasteiger partial charge in [-0.25, -0.2) is 0 Å². The molecule has 2 unspecified atom stereocenters. The summed E-state index contributed by atoms with van der Waals surface area (Å²) in [5.74, 6) is 0.622. The zero-order valence-electron chi connectivity index (χ0n) is 13.0. The summed E-state index contributed by atoms with van der Waals surface area (Å²) in [6.07, 6.45) is 5.51. The summed E-state index contributed by atoms with van der Waals surface area (Å²) in [4.78, 5) is 14.0. The molecule has 0 aromatic heterocycles. The smallest absolute Gasteiger partial charge is 0.127 e. The minimum Gasteiger partial charge on any atom is -0.395 e. The number of aliphatic hydroxyl groups is 1. The van der Waals surface area contributed by atoms with Gasteiger partial charge >= 0.3 is 0 Å². The topological polar surface area (TPSA) is 40.5 Å². The fraction of sp³-hybridized carbons (Fsp3) is 0.611. The van der Waals surface area contributed by atoms with Crippen LogP contribution in [-0.2, 0) is 11.3 Å². The predicted octanol–water partition coefficient (Wildman–Crippen LogP) is 2.88. The van der Waals surface area contributed by atoms with Gasteiger partial charge in [0.05, 0.1) is 6.61 Å². The molecule has 116 valence electrons. The first-order valence-corrected chi connectivity index (χ1v) is 8.01. The molecule has 1 fully saturated rings. The van der Waals surface area contributed by atoms with Gasteiger partial charge in [-0.15, -0.1) is 0 Å². The molecule has 2 atom stereocenters. The number of hydrogen-bond donors (Lipinski definition) is 1. The third-order valence-corrected chi connectivity index (χ3v) is 4.58. The van der Waals surface area contributed by atoms with Crippen LogP contribution in [0.1, 0.15) is 38.2 Å². The molecule has 1 saturated carbocycles. The molecule has 0 amide bonds. The molecule has 0 saturated heterocycles. The highest BCUT2D eigenvalue weighted by Gasteiger charge is 2.36. The van der Waals surface area contributed by atoms with Crippen LogP contribution in [0.25, 0.3) is 0 Å². The number of nitrogens with zero attached hydrogens (tertiary/aromatic N) is 1. The molecule has 0 bridgehead atoms. The summed E-state index contributed by atoms with van der Waals surface area (Å²) >= 11 is 0. The molecule has 1 aromatic carbocycles. The van der Waals surface area contributed by atoms with Gasteiger partial charge < -0.3 is 9.90 Å². The van der Waals surface area contributed by atoms with Crippen LogP contribution in [0.3, 0.4) is 0 Å². The molecule has 1 N–H and O–H groups in total. The van der Waals surface area contributed by atoms with Crippen LogP contribution < -0.4 is 0 Å². The molecule has 0 spiro atoms. The van der Waals surface area contributed by atoms with E-state index >= 15 is 0 Å². The minimum atomic E-state index is -0.221. The highest BCUT2D eigenvalue weighted by Crippen LogP contribution is 2.38. The second-order valence-corrected chi connectivity index (χ2v) is 6.60. The molecule has 1 aliphatic carbocycles. The Morgan fingerprint density at radius 1 is 1.38 bits per heavy atom. The largest absolute Gasteiger partial charge is 0.395 e. The van der Waals surface area contributed by atoms with E-state index in [9.17, 15) is 9.90 Å². The second-order valence-electron chi connectivity index (χ2n) is 6.60. The maximum Gasteiger partial charge on any atom is 0.127 e. The van der Waals surface area contributed by atoms with E-state index in [4.69, 9.17) is 0 Å². The van der Waals surface area contributed by atoms with Crippen molar-refractivity contribution in [3.8, 4) is 0 Å². The Balaban J connectivity index is 2.05. The molecular weight excluding hydrogens is 262 g/mol. The number of hydrogen-bond acceptors (Lipinski definition) is 3. The van der Waals surface area contributed by atoms with E-state index in [-0.39, 0.29) is 12.0 Å². The maximum absolute atomic E-state index is 11.7. The van der Waals surface area contributed by atoms with Crippen molar-refractivity contribution < 1.29 is 9.90 Å². The molecule has 3 nitrogen and oxygen atoms in total. The first-order valence-electron chi connectivity index (χ1n) is 8.01. The summed E-state index contributed by atoms with van der Waals surface area (Å²) in [5.41, 5.74) is 1.01. The third-order valence-electron chi connectivity index (χ3n) is 4.58. The average molecular weight is 289 g/mol. The first-order chi connectivity index (χ1) is 10.2. The van der Waals surface area contributed by atoms with Gasteiger partial charge in [-0.1, -0.05) is 50.1 Å². The van der Waals surface area contributed by atoms with Crippen molar-refractivity contribution in [1.29, 1.82) is 0 Å². The van der Waals surface area contributed by atoms with E-state index in [0.717, 1.165) is 32.4 Å². The Kier molecular flexibility index (Phi) is 5.95. The van der Waals surface area contributed by atoms with Crippen molar-refractivity contribution in [3.05, 3.63) is 35.9 Å². The van der Waals surface area contributed by atoms with Crippen LogP contribution in [0, 0.1) is 11.3 Å². The van der Waals surface area contributed by atoms with Crippen LogP contribution >= 0.6 is 0 Å². The molecule has 1 aliphatic rings. The van der Waals surface area contributed by atoms with Gasteiger partial charge in [0.2, 0.25) is 0 Å². The lowest BCUT2D eigenvalue weighted by atomic mass is 9.70. The van der Waals surface area contributed by atoms with Crippen molar-refractivity contribution in [1.82, 2.24) is 4.90 Å². The zero-order valence-corrected chi connectivity index (χ0v) is 13.0. The van der Waals surface area contributed by atoms with Crippen LogP contribution in [0.2, 0.25) is 0 Å². The van der Waals surface area contributed by atoms with Gasteiger partial charge in [0.1, 0.15) is 6.29 Å². The van der Waals surface area contributed by atoms with Crippen LogP contribution in [0.5, 0.6) is 0 Å². The van der Waals surface area contributed by atoms with Gasteiger partial charge in [-0.05, 0) is 24.3 Å². The lowest BCUT2D eigenvalue weighted by Crippen LogP contribution is -2.42. The van der Waals surface area contributed by atoms with E-state index in [0.29, 0.717) is 12.5 Å². The SMILES string of the molecule is CC1CCCC(C=O)(CN(CCO)Cc2ccccc2)C1. The fourth-order valence-corrected chi connectivity index (χ4v) is 3.63. The van der Waals surface area contributed by atoms with E-state index in [1.54, 1.807) is 0 Å². The van der Waals surface area contributed by atoms with E-state index < -0.39 is 0 Å². The van der Waals surface area contributed by atoms with Crippen molar-refractivity contribution in [3.63, 3.8) is 0 Å². The van der Waals surface area contributed by atoms with Gasteiger partial charge in [-0.3, -0.25) is 4.90 Å². The lowest BCUT2D eigenvalue weighted by molar-refractivity contribution is -0.120. The number of aliphatic hydroxyl groups excluding tert-OH is 1.